The molecule has 1 aromatic heterocycles. The molecular weight excluding hydrogens is 412 g/mol. The minimum absolute atomic E-state index is 0.0208. The van der Waals surface area contributed by atoms with Crippen LogP contribution in [0, 0.1) is 5.82 Å². The second-order valence-corrected chi connectivity index (χ2v) is 6.91. The molecule has 1 amide bonds. The number of halogens is 4. The fraction of sp³-hybridized carbons (Fsp3) is 0.182. The van der Waals surface area contributed by atoms with E-state index in [9.17, 15) is 22.4 Å². The van der Waals surface area contributed by atoms with Crippen LogP contribution in [0.1, 0.15) is 29.7 Å². The number of amides is 1. The number of alkyl halides is 3. The molecule has 0 fully saturated rings. The zero-order valence-electron chi connectivity index (χ0n) is 16.5. The first-order chi connectivity index (χ1) is 14.6. The number of pyridine rings is 1. The number of aromatic nitrogens is 1. The Bertz CT molecular complexity index is 1070. The molecule has 162 valence electrons. The van der Waals surface area contributed by atoms with Crippen LogP contribution in [0.5, 0.6) is 0 Å². The highest BCUT2D eigenvalue weighted by Gasteiger charge is 2.33. The maximum Gasteiger partial charge on any atom is 0.433 e. The lowest BCUT2D eigenvalue weighted by Crippen LogP contribution is -2.28. The van der Waals surface area contributed by atoms with E-state index < -0.39 is 29.5 Å². The first-order valence-electron chi connectivity index (χ1n) is 9.37. The third kappa shape index (κ3) is 5.50. The summed E-state index contributed by atoms with van der Waals surface area (Å²) in [6, 6.07) is 14.8. The lowest BCUT2D eigenvalue weighted by Gasteiger charge is -2.17. The number of nitrogen functional groups attached to an aromatic ring is 1. The quantitative estimate of drug-likeness (QED) is 0.379. The van der Waals surface area contributed by atoms with E-state index >= 15 is 0 Å². The van der Waals surface area contributed by atoms with E-state index in [0.29, 0.717) is 16.8 Å². The van der Waals surface area contributed by atoms with Crippen molar-refractivity contribution < 1.29 is 22.4 Å². The fourth-order valence-corrected chi connectivity index (χ4v) is 2.85. The van der Waals surface area contributed by atoms with Crippen LogP contribution >= 0.6 is 0 Å². The molecule has 0 radical (unpaired) electrons. The second kappa shape index (κ2) is 9.03. The summed E-state index contributed by atoms with van der Waals surface area (Å²) < 4.78 is 53.0. The molecule has 0 saturated heterocycles. The first-order valence-corrected chi connectivity index (χ1v) is 9.37. The molecule has 0 saturated carbocycles. The van der Waals surface area contributed by atoms with Crippen LogP contribution in [0.15, 0.2) is 60.7 Å². The number of hydrogen-bond acceptors (Lipinski definition) is 4. The largest absolute Gasteiger partial charge is 0.433 e. The summed E-state index contributed by atoms with van der Waals surface area (Å²) in [7, 11) is 0. The highest BCUT2D eigenvalue weighted by Crippen LogP contribution is 2.30. The monoisotopic (exact) mass is 432 g/mol. The Balaban J connectivity index is 1.79. The van der Waals surface area contributed by atoms with Gasteiger partial charge in [-0.15, -0.1) is 0 Å². The topological polar surface area (TPSA) is 80.0 Å². The van der Waals surface area contributed by atoms with E-state index in [-0.39, 0.29) is 18.1 Å². The maximum absolute atomic E-state index is 13.7. The molecule has 2 aromatic carbocycles. The maximum atomic E-state index is 13.7. The number of carbonyl (C=O) groups is 1. The van der Waals surface area contributed by atoms with Crippen LogP contribution < -0.4 is 16.4 Å². The van der Waals surface area contributed by atoms with Gasteiger partial charge in [0, 0.05) is 17.8 Å². The van der Waals surface area contributed by atoms with Crippen molar-refractivity contribution in [3.8, 4) is 0 Å². The van der Waals surface area contributed by atoms with Gasteiger partial charge in [0.15, 0.2) is 0 Å². The third-order valence-electron chi connectivity index (χ3n) is 4.68. The highest BCUT2D eigenvalue weighted by molar-refractivity contribution is 5.83. The number of nitrogens with one attached hydrogen (secondary N) is 2. The minimum Gasteiger partial charge on any atom is -0.396 e. The average Bonchev–Trinajstić information content (AvgIpc) is 2.74. The summed E-state index contributed by atoms with van der Waals surface area (Å²) in [6.07, 6.45) is -4.61. The number of rotatable bonds is 6. The van der Waals surface area contributed by atoms with E-state index in [2.05, 4.69) is 15.6 Å². The lowest BCUT2D eigenvalue weighted by atomic mass is 9.99. The van der Waals surface area contributed by atoms with E-state index in [1.165, 1.54) is 18.2 Å². The Morgan fingerprint density at radius 2 is 1.81 bits per heavy atom. The Kier molecular flexibility index (Phi) is 6.43. The van der Waals surface area contributed by atoms with Crippen LogP contribution in [-0.4, -0.2) is 10.9 Å². The summed E-state index contributed by atoms with van der Waals surface area (Å²) in [5.74, 6) is -1.76. The average molecular weight is 432 g/mol. The van der Waals surface area contributed by atoms with Crippen LogP contribution in [0.2, 0.25) is 0 Å². The van der Waals surface area contributed by atoms with Gasteiger partial charge in [-0.1, -0.05) is 30.3 Å². The molecule has 3 aromatic rings. The van der Waals surface area contributed by atoms with Gasteiger partial charge in [-0.3, -0.25) is 4.79 Å². The smallest absolute Gasteiger partial charge is 0.396 e. The first kappa shape index (κ1) is 22.1. The molecule has 0 spiro atoms. The Morgan fingerprint density at radius 3 is 2.45 bits per heavy atom. The lowest BCUT2D eigenvalue weighted by molar-refractivity contribution is -0.141. The van der Waals surface area contributed by atoms with Crippen molar-refractivity contribution in [3.05, 3.63) is 83.3 Å². The summed E-state index contributed by atoms with van der Waals surface area (Å²) >= 11 is 0. The predicted molar refractivity (Wildman–Crippen MR) is 110 cm³/mol. The number of hydrogen-bond donors (Lipinski definition) is 3. The van der Waals surface area contributed by atoms with Gasteiger partial charge in [0.1, 0.15) is 17.3 Å². The van der Waals surface area contributed by atoms with Gasteiger partial charge in [-0.05, 0) is 42.8 Å². The summed E-state index contributed by atoms with van der Waals surface area (Å²) in [5.41, 5.74) is 5.72. The number of benzene rings is 2. The standard InChI is InChI=1S/C22H20F4N4O/c1-13(14-7-9-18(27)17(23)11-14)21(31)28-12-15-8-10-19(22(24,25)26)30-20(15)29-16-5-3-2-4-6-16/h2-11,13H,12,27H2,1H3,(H,28,31)(H,29,30). The van der Waals surface area contributed by atoms with Gasteiger partial charge < -0.3 is 16.4 Å². The van der Waals surface area contributed by atoms with Crippen LogP contribution in [0.4, 0.5) is 34.8 Å². The molecule has 1 unspecified atom stereocenters. The van der Waals surface area contributed by atoms with Crippen LogP contribution in [0.25, 0.3) is 0 Å². The van der Waals surface area contributed by atoms with Gasteiger partial charge in [-0.25, -0.2) is 9.37 Å². The van der Waals surface area contributed by atoms with Gasteiger partial charge in [0.25, 0.3) is 0 Å². The van der Waals surface area contributed by atoms with Crippen molar-refractivity contribution in [2.24, 2.45) is 0 Å². The Morgan fingerprint density at radius 1 is 1.10 bits per heavy atom. The molecule has 0 aliphatic rings. The van der Waals surface area contributed by atoms with E-state index in [1.807, 2.05) is 0 Å². The minimum atomic E-state index is -4.61. The number of anilines is 3. The zero-order chi connectivity index (χ0) is 22.6. The number of nitrogens with zero attached hydrogens (tertiary/aromatic N) is 1. The van der Waals surface area contributed by atoms with Gasteiger partial charge in [0.2, 0.25) is 5.91 Å². The number of para-hydroxylation sites is 1. The van der Waals surface area contributed by atoms with E-state index in [1.54, 1.807) is 43.3 Å². The van der Waals surface area contributed by atoms with E-state index in [4.69, 9.17) is 5.73 Å². The predicted octanol–water partition coefficient (Wildman–Crippen LogP) is 4.99. The summed E-state index contributed by atoms with van der Waals surface area (Å²) in [4.78, 5) is 16.2. The Hall–Kier alpha value is -3.62. The number of carbonyl (C=O) groups excluding carboxylic acids is 1. The molecular formula is C22H20F4N4O. The van der Waals surface area contributed by atoms with Crippen molar-refractivity contribution in [3.63, 3.8) is 0 Å². The second-order valence-electron chi connectivity index (χ2n) is 6.91. The van der Waals surface area contributed by atoms with Crippen molar-refractivity contribution in [1.82, 2.24) is 10.3 Å². The molecule has 1 heterocycles. The molecule has 0 aliphatic heterocycles. The zero-order valence-corrected chi connectivity index (χ0v) is 16.5. The third-order valence-corrected chi connectivity index (χ3v) is 4.68. The van der Waals surface area contributed by atoms with Gasteiger partial charge in [-0.2, -0.15) is 13.2 Å². The van der Waals surface area contributed by atoms with Crippen molar-refractivity contribution in [2.75, 3.05) is 11.1 Å². The molecule has 5 nitrogen and oxygen atoms in total. The Labute approximate surface area is 176 Å². The van der Waals surface area contributed by atoms with Crippen LogP contribution in [0.3, 0.4) is 0 Å². The highest BCUT2D eigenvalue weighted by atomic mass is 19.4. The van der Waals surface area contributed by atoms with Crippen LogP contribution in [-0.2, 0) is 17.5 Å². The summed E-state index contributed by atoms with van der Waals surface area (Å²) in [6.45, 7) is 1.52. The molecule has 31 heavy (non-hydrogen) atoms. The molecule has 0 bridgehead atoms. The van der Waals surface area contributed by atoms with Gasteiger partial charge in [0.05, 0.1) is 11.6 Å². The molecule has 0 aliphatic carbocycles. The van der Waals surface area contributed by atoms with E-state index in [0.717, 1.165) is 6.07 Å². The molecule has 9 heteroatoms. The van der Waals surface area contributed by atoms with Gasteiger partial charge >= 0.3 is 6.18 Å². The SMILES string of the molecule is CC(C(=O)NCc1ccc(C(F)(F)F)nc1Nc1ccccc1)c1ccc(N)c(F)c1. The number of nitrogens with two attached hydrogens (primary N) is 1. The summed E-state index contributed by atoms with van der Waals surface area (Å²) in [5, 5.41) is 5.52. The fourth-order valence-electron chi connectivity index (χ4n) is 2.85. The normalized spacial score (nSPS) is 12.3. The van der Waals surface area contributed by atoms with Crippen molar-refractivity contribution in [2.45, 2.75) is 25.6 Å². The molecule has 1 atom stereocenters. The molecule has 4 N–H and O–H groups in total. The van der Waals surface area contributed by atoms with Crippen molar-refractivity contribution in [1.29, 1.82) is 0 Å². The van der Waals surface area contributed by atoms with Crippen molar-refractivity contribution >= 4 is 23.1 Å². The molecule has 3 rings (SSSR count).